The summed E-state index contributed by atoms with van der Waals surface area (Å²) in [5.74, 6) is 0.697. The lowest BCUT2D eigenvalue weighted by Gasteiger charge is -2.30. The molecule has 3 N–H and O–H groups in total. The number of halogens is 4. The Morgan fingerprint density at radius 3 is 1.39 bits per heavy atom. The van der Waals surface area contributed by atoms with Crippen LogP contribution in [0.3, 0.4) is 0 Å². The van der Waals surface area contributed by atoms with Crippen molar-refractivity contribution in [2.45, 2.75) is 39.5 Å². The molecule has 31 heavy (non-hydrogen) atoms. The lowest BCUT2D eigenvalue weighted by Crippen LogP contribution is -2.20. The van der Waals surface area contributed by atoms with Gasteiger partial charge in [-0.05, 0) is 99.1 Å². The van der Waals surface area contributed by atoms with E-state index in [0.717, 1.165) is 20.1 Å². The van der Waals surface area contributed by atoms with Gasteiger partial charge in [0, 0.05) is 14.4 Å². The topological polar surface area (TPSA) is 60.7 Å². The number of rotatable bonds is 2. The molecule has 0 saturated carbocycles. The number of benzene rings is 3. The van der Waals surface area contributed by atoms with Crippen LogP contribution in [0, 0.1) is 0 Å². The van der Waals surface area contributed by atoms with E-state index in [9.17, 15) is 10.2 Å². The second-order valence-electron chi connectivity index (χ2n) is 7.19. The van der Waals surface area contributed by atoms with Crippen LogP contribution in [0.25, 0.3) is 0 Å². The summed E-state index contributed by atoms with van der Waals surface area (Å²) in [6, 6.07) is 15.8. The maximum atomic E-state index is 10.1. The Labute approximate surface area is 218 Å². The average molecular weight is 682 g/mol. The monoisotopic (exact) mass is 678 g/mol. The number of phenolic OH excluding ortho intramolecular Hbond substituents is 3. The van der Waals surface area contributed by atoms with E-state index in [1.807, 2.05) is 18.2 Å². The Kier molecular flexibility index (Phi) is 11.6. The minimum atomic E-state index is -0.343. The standard InChI is InChI=1S/C15H12Br4O2.C6H6O.C3H8/c1-15(2,7-3-5-8(20)6-4-7)9-10(16)12(18)14(21)13(19)11(9)17;7-6-4-2-1-3-5-6;1-3-2/h3-6,20-21H,1-2H3;1-5,7H;3H2,1-2H3. The largest absolute Gasteiger partial charge is 0.508 e. The highest BCUT2D eigenvalue weighted by molar-refractivity contribution is 9.14. The summed E-state index contributed by atoms with van der Waals surface area (Å²) in [5.41, 5.74) is 1.69. The van der Waals surface area contributed by atoms with Crippen LogP contribution in [0.2, 0.25) is 0 Å². The van der Waals surface area contributed by atoms with Crippen molar-refractivity contribution >= 4 is 63.7 Å². The molecule has 3 aromatic rings. The Bertz CT molecular complexity index is 943. The van der Waals surface area contributed by atoms with Gasteiger partial charge in [-0.25, -0.2) is 0 Å². The van der Waals surface area contributed by atoms with Crippen LogP contribution in [-0.4, -0.2) is 15.3 Å². The molecule has 0 amide bonds. The molecule has 0 radical (unpaired) electrons. The van der Waals surface area contributed by atoms with Crippen LogP contribution in [0.15, 0.2) is 72.5 Å². The lowest BCUT2D eigenvalue weighted by atomic mass is 9.78. The third kappa shape index (κ3) is 7.52. The third-order valence-corrected chi connectivity index (χ3v) is 8.40. The van der Waals surface area contributed by atoms with Crippen molar-refractivity contribution in [1.29, 1.82) is 0 Å². The second-order valence-corrected chi connectivity index (χ2v) is 10.4. The molecule has 0 fully saturated rings. The van der Waals surface area contributed by atoms with Gasteiger partial charge in [0.15, 0.2) is 0 Å². The van der Waals surface area contributed by atoms with Crippen LogP contribution in [0.1, 0.15) is 45.2 Å². The van der Waals surface area contributed by atoms with Gasteiger partial charge in [0.25, 0.3) is 0 Å². The van der Waals surface area contributed by atoms with Crippen LogP contribution in [0.5, 0.6) is 17.2 Å². The number of phenols is 3. The maximum Gasteiger partial charge on any atom is 0.146 e. The molecule has 0 aliphatic heterocycles. The first-order valence-corrected chi connectivity index (χ1v) is 12.7. The summed E-state index contributed by atoms with van der Waals surface area (Å²) in [7, 11) is 0. The van der Waals surface area contributed by atoms with Crippen LogP contribution in [-0.2, 0) is 5.41 Å². The fraction of sp³-hybridized carbons (Fsp3) is 0.250. The zero-order valence-corrected chi connectivity index (χ0v) is 24.1. The van der Waals surface area contributed by atoms with Crippen molar-refractivity contribution in [2.24, 2.45) is 0 Å². The van der Waals surface area contributed by atoms with E-state index in [0.29, 0.717) is 14.7 Å². The van der Waals surface area contributed by atoms with E-state index in [1.54, 1.807) is 36.4 Å². The van der Waals surface area contributed by atoms with Crippen molar-refractivity contribution < 1.29 is 15.3 Å². The molecule has 0 bridgehead atoms. The van der Waals surface area contributed by atoms with Gasteiger partial charge in [0.05, 0.1) is 8.95 Å². The van der Waals surface area contributed by atoms with E-state index in [4.69, 9.17) is 5.11 Å². The van der Waals surface area contributed by atoms with E-state index in [1.165, 1.54) is 6.42 Å². The third-order valence-electron chi connectivity index (χ3n) is 4.21. The first kappa shape index (κ1) is 28.0. The number of hydrogen-bond donors (Lipinski definition) is 3. The van der Waals surface area contributed by atoms with Crippen LogP contribution >= 0.6 is 63.7 Å². The van der Waals surface area contributed by atoms with Gasteiger partial charge >= 0.3 is 0 Å². The Morgan fingerprint density at radius 1 is 0.645 bits per heavy atom. The zero-order chi connectivity index (χ0) is 23.8. The van der Waals surface area contributed by atoms with E-state index in [2.05, 4.69) is 91.4 Å². The van der Waals surface area contributed by atoms with Crippen LogP contribution < -0.4 is 0 Å². The van der Waals surface area contributed by atoms with Gasteiger partial charge in [-0.1, -0.05) is 64.4 Å². The van der Waals surface area contributed by atoms with Gasteiger partial charge in [-0.2, -0.15) is 0 Å². The second kappa shape index (κ2) is 12.9. The summed E-state index contributed by atoms with van der Waals surface area (Å²) in [6.07, 6.45) is 1.25. The molecule has 168 valence electrons. The predicted molar refractivity (Wildman–Crippen MR) is 143 cm³/mol. The summed E-state index contributed by atoms with van der Waals surface area (Å²) in [6.45, 7) is 8.42. The SMILES string of the molecule is CC(C)(c1ccc(O)cc1)c1c(Br)c(Br)c(O)c(Br)c1Br.CCC.Oc1ccccc1. The quantitative estimate of drug-likeness (QED) is 0.236. The Balaban J connectivity index is 0.000000397. The molecule has 0 unspecified atom stereocenters. The molecule has 0 aliphatic carbocycles. The molecule has 0 aliphatic rings. The molecule has 0 spiro atoms. The molecule has 3 nitrogen and oxygen atoms in total. The van der Waals surface area contributed by atoms with Crippen molar-refractivity contribution in [1.82, 2.24) is 0 Å². The van der Waals surface area contributed by atoms with Crippen molar-refractivity contribution in [3.05, 3.63) is 83.6 Å². The fourth-order valence-corrected chi connectivity index (χ4v) is 5.71. The van der Waals surface area contributed by atoms with Gasteiger partial charge in [-0.15, -0.1) is 0 Å². The van der Waals surface area contributed by atoms with Gasteiger partial charge in [0.2, 0.25) is 0 Å². The summed E-state index contributed by atoms with van der Waals surface area (Å²) in [5, 5.41) is 28.2. The number of hydrogen-bond acceptors (Lipinski definition) is 3. The van der Waals surface area contributed by atoms with Gasteiger partial charge in [-0.3, -0.25) is 0 Å². The van der Waals surface area contributed by atoms with Crippen molar-refractivity contribution in [3.8, 4) is 17.2 Å². The summed E-state index contributed by atoms with van der Waals surface area (Å²) < 4.78 is 2.76. The zero-order valence-electron chi connectivity index (χ0n) is 17.8. The molecular weight excluding hydrogens is 656 g/mol. The minimum absolute atomic E-state index is 0.138. The van der Waals surface area contributed by atoms with Gasteiger partial charge < -0.3 is 15.3 Å². The van der Waals surface area contributed by atoms with E-state index >= 15 is 0 Å². The molecule has 0 heterocycles. The first-order valence-electron chi connectivity index (χ1n) is 9.57. The fourth-order valence-electron chi connectivity index (χ4n) is 2.62. The highest BCUT2D eigenvalue weighted by atomic mass is 79.9. The highest BCUT2D eigenvalue weighted by Gasteiger charge is 2.31. The van der Waals surface area contributed by atoms with E-state index < -0.39 is 0 Å². The molecule has 0 aromatic heterocycles. The Hall–Kier alpha value is -1.02. The van der Waals surface area contributed by atoms with Gasteiger partial charge in [0.1, 0.15) is 17.2 Å². The Morgan fingerprint density at radius 2 is 1.03 bits per heavy atom. The minimum Gasteiger partial charge on any atom is -0.508 e. The summed E-state index contributed by atoms with van der Waals surface area (Å²) in [4.78, 5) is 0. The molecular formula is C24H26Br4O3. The first-order chi connectivity index (χ1) is 14.5. The predicted octanol–water partition coefficient (Wildman–Crippen LogP) is 9.28. The molecule has 3 rings (SSSR count). The normalized spacial score (nSPS) is 10.5. The average Bonchev–Trinajstić information content (AvgIpc) is 2.73. The number of para-hydroxylation sites is 1. The summed E-state index contributed by atoms with van der Waals surface area (Å²) >= 11 is 13.9. The molecule has 7 heteroatoms. The van der Waals surface area contributed by atoms with Crippen molar-refractivity contribution in [3.63, 3.8) is 0 Å². The maximum absolute atomic E-state index is 10.1. The van der Waals surface area contributed by atoms with Crippen LogP contribution in [0.4, 0.5) is 0 Å². The highest BCUT2D eigenvalue weighted by Crippen LogP contribution is 2.51. The molecule has 0 atom stereocenters. The number of aromatic hydroxyl groups is 3. The van der Waals surface area contributed by atoms with E-state index in [-0.39, 0.29) is 16.9 Å². The van der Waals surface area contributed by atoms with Crippen molar-refractivity contribution in [2.75, 3.05) is 0 Å². The lowest BCUT2D eigenvalue weighted by molar-refractivity contribution is 0.466. The molecule has 0 saturated heterocycles. The molecule has 3 aromatic carbocycles. The smallest absolute Gasteiger partial charge is 0.146 e.